The summed E-state index contributed by atoms with van der Waals surface area (Å²) in [6.45, 7) is 2.30. The van der Waals surface area contributed by atoms with E-state index >= 15 is 0 Å². The number of rotatable bonds is 5. The van der Waals surface area contributed by atoms with Crippen molar-refractivity contribution in [3.63, 3.8) is 0 Å². The standard InChI is InChI=1S/C19H22N2O6/c1-19(11-24-3)10-15(26-16-7-8-17(22)21(2)20-16)13-9-12(18(23)25-4)5-6-14(13)27-19/h5-9,15H,10-11H2,1-4H3. The van der Waals surface area contributed by atoms with Gasteiger partial charge >= 0.3 is 5.97 Å². The fourth-order valence-corrected chi connectivity index (χ4v) is 3.14. The predicted molar refractivity (Wildman–Crippen MR) is 96.2 cm³/mol. The zero-order chi connectivity index (χ0) is 19.6. The second kappa shape index (κ2) is 7.40. The smallest absolute Gasteiger partial charge is 0.337 e. The van der Waals surface area contributed by atoms with Crippen LogP contribution >= 0.6 is 0 Å². The minimum atomic E-state index is -0.611. The molecule has 0 saturated carbocycles. The van der Waals surface area contributed by atoms with E-state index < -0.39 is 17.7 Å². The van der Waals surface area contributed by atoms with Crippen LogP contribution in [0.25, 0.3) is 0 Å². The summed E-state index contributed by atoms with van der Waals surface area (Å²) in [6.07, 6.45) is 0.0340. The highest BCUT2D eigenvalue weighted by Crippen LogP contribution is 2.42. The van der Waals surface area contributed by atoms with E-state index in [9.17, 15) is 9.59 Å². The average molecular weight is 374 g/mol. The molecule has 1 aromatic carbocycles. The van der Waals surface area contributed by atoms with Gasteiger partial charge in [0.05, 0.1) is 19.3 Å². The van der Waals surface area contributed by atoms with E-state index in [-0.39, 0.29) is 5.56 Å². The quantitative estimate of drug-likeness (QED) is 0.738. The number of hydrogen-bond donors (Lipinski definition) is 0. The second-order valence-electron chi connectivity index (χ2n) is 6.67. The maximum absolute atomic E-state index is 11.9. The van der Waals surface area contributed by atoms with Gasteiger partial charge in [0.2, 0.25) is 5.88 Å². The number of benzene rings is 1. The number of carbonyl (C=O) groups excluding carboxylic acids is 1. The van der Waals surface area contributed by atoms with Crippen molar-refractivity contribution < 1.29 is 23.7 Å². The molecule has 2 atom stereocenters. The zero-order valence-electron chi connectivity index (χ0n) is 15.7. The lowest BCUT2D eigenvalue weighted by molar-refractivity contribution is -0.0436. The molecule has 2 heterocycles. The van der Waals surface area contributed by atoms with Gasteiger partial charge in [-0.05, 0) is 25.1 Å². The average Bonchev–Trinajstić information content (AvgIpc) is 2.63. The van der Waals surface area contributed by atoms with Gasteiger partial charge in [-0.15, -0.1) is 5.10 Å². The lowest BCUT2D eigenvalue weighted by Gasteiger charge is -2.39. The molecule has 8 heteroatoms. The molecule has 27 heavy (non-hydrogen) atoms. The maximum atomic E-state index is 11.9. The number of methoxy groups -OCH3 is 2. The number of esters is 1. The lowest BCUT2D eigenvalue weighted by atomic mass is 9.89. The van der Waals surface area contributed by atoms with Gasteiger partial charge < -0.3 is 18.9 Å². The van der Waals surface area contributed by atoms with Gasteiger partial charge in [0.1, 0.15) is 17.5 Å². The molecular formula is C19H22N2O6. The molecule has 0 saturated heterocycles. The summed E-state index contributed by atoms with van der Waals surface area (Å²) in [5.74, 6) is 0.462. The van der Waals surface area contributed by atoms with Crippen molar-refractivity contribution in [2.24, 2.45) is 7.05 Å². The third-order valence-electron chi connectivity index (χ3n) is 4.40. The van der Waals surface area contributed by atoms with E-state index in [4.69, 9.17) is 18.9 Å². The Labute approximate surface area is 156 Å². The number of nitrogens with zero attached hydrogens (tertiary/aromatic N) is 2. The molecule has 1 aliphatic rings. The summed E-state index contributed by atoms with van der Waals surface area (Å²) in [5.41, 5.74) is 0.270. The molecule has 0 fully saturated rings. The molecule has 0 N–H and O–H groups in total. The summed E-state index contributed by atoms with van der Waals surface area (Å²) in [5, 5.41) is 4.13. The number of aryl methyl sites for hydroxylation is 1. The van der Waals surface area contributed by atoms with Gasteiger partial charge in [-0.25, -0.2) is 9.48 Å². The van der Waals surface area contributed by atoms with E-state index in [1.54, 1.807) is 32.4 Å². The number of fused-ring (bicyclic) bond motifs is 1. The Morgan fingerprint density at radius 1 is 1.33 bits per heavy atom. The van der Waals surface area contributed by atoms with Gasteiger partial charge in [0.15, 0.2) is 0 Å². The number of carbonyl (C=O) groups is 1. The largest absolute Gasteiger partial charge is 0.485 e. The van der Waals surface area contributed by atoms with Gasteiger partial charge in [-0.2, -0.15) is 0 Å². The fourth-order valence-electron chi connectivity index (χ4n) is 3.14. The van der Waals surface area contributed by atoms with Crippen LogP contribution in [0, 0.1) is 0 Å². The molecule has 2 unspecified atom stereocenters. The van der Waals surface area contributed by atoms with Crippen LogP contribution < -0.4 is 15.0 Å². The Hall–Kier alpha value is -2.87. The van der Waals surface area contributed by atoms with Crippen LogP contribution in [0.2, 0.25) is 0 Å². The highest BCUT2D eigenvalue weighted by Gasteiger charge is 2.39. The number of ether oxygens (including phenoxy) is 4. The first-order valence-corrected chi connectivity index (χ1v) is 8.46. The van der Waals surface area contributed by atoms with Crippen molar-refractivity contribution in [2.75, 3.05) is 20.8 Å². The SMILES string of the molecule is COCC1(C)CC(Oc2ccc(=O)n(C)n2)c2cc(C(=O)OC)ccc2O1. The molecule has 3 rings (SSSR count). The Bertz CT molecular complexity index is 909. The normalized spacial score (nSPS) is 21.1. The summed E-state index contributed by atoms with van der Waals surface area (Å²) >= 11 is 0. The molecule has 0 radical (unpaired) electrons. The second-order valence-corrected chi connectivity index (χ2v) is 6.67. The first-order chi connectivity index (χ1) is 12.8. The molecule has 2 aromatic rings. The number of hydrogen-bond acceptors (Lipinski definition) is 7. The Morgan fingerprint density at radius 3 is 2.78 bits per heavy atom. The van der Waals surface area contributed by atoms with Crippen molar-refractivity contribution >= 4 is 5.97 Å². The van der Waals surface area contributed by atoms with Crippen molar-refractivity contribution in [1.29, 1.82) is 0 Å². The molecule has 0 spiro atoms. The van der Waals surface area contributed by atoms with Crippen LogP contribution in [0.5, 0.6) is 11.6 Å². The van der Waals surface area contributed by atoms with Crippen LogP contribution in [-0.2, 0) is 16.5 Å². The third kappa shape index (κ3) is 3.95. The summed E-state index contributed by atoms with van der Waals surface area (Å²) in [6, 6.07) is 7.97. The van der Waals surface area contributed by atoms with Crippen LogP contribution in [0.15, 0.2) is 35.1 Å². The van der Waals surface area contributed by atoms with E-state index in [0.29, 0.717) is 35.8 Å². The fraction of sp³-hybridized carbons (Fsp3) is 0.421. The summed E-state index contributed by atoms with van der Waals surface area (Å²) in [7, 11) is 4.49. The Balaban J connectivity index is 2.00. The van der Waals surface area contributed by atoms with E-state index in [1.807, 2.05) is 6.92 Å². The Morgan fingerprint density at radius 2 is 2.11 bits per heavy atom. The highest BCUT2D eigenvalue weighted by molar-refractivity contribution is 5.89. The Kier molecular flexibility index (Phi) is 5.18. The first-order valence-electron chi connectivity index (χ1n) is 8.46. The van der Waals surface area contributed by atoms with E-state index in [2.05, 4.69) is 5.10 Å². The number of aromatic nitrogens is 2. The van der Waals surface area contributed by atoms with E-state index in [0.717, 1.165) is 0 Å². The molecule has 8 nitrogen and oxygen atoms in total. The maximum Gasteiger partial charge on any atom is 0.337 e. The first kappa shape index (κ1) is 18.9. The zero-order valence-corrected chi connectivity index (χ0v) is 15.7. The predicted octanol–water partition coefficient (Wildman–Crippen LogP) is 1.87. The molecule has 0 bridgehead atoms. The molecular weight excluding hydrogens is 352 g/mol. The van der Waals surface area contributed by atoms with Crippen molar-refractivity contribution in [2.45, 2.75) is 25.0 Å². The molecule has 1 aromatic heterocycles. The molecule has 144 valence electrons. The van der Waals surface area contributed by atoms with Crippen LogP contribution in [0.1, 0.15) is 35.4 Å². The van der Waals surface area contributed by atoms with Crippen LogP contribution in [0.3, 0.4) is 0 Å². The van der Waals surface area contributed by atoms with Crippen molar-refractivity contribution in [3.8, 4) is 11.6 Å². The minimum Gasteiger partial charge on any atom is -0.485 e. The highest BCUT2D eigenvalue weighted by atomic mass is 16.6. The monoisotopic (exact) mass is 374 g/mol. The summed E-state index contributed by atoms with van der Waals surface area (Å²) in [4.78, 5) is 23.5. The topological polar surface area (TPSA) is 88.9 Å². The van der Waals surface area contributed by atoms with Crippen LogP contribution in [0.4, 0.5) is 0 Å². The molecule has 1 aliphatic heterocycles. The lowest BCUT2D eigenvalue weighted by Crippen LogP contribution is -2.43. The minimum absolute atomic E-state index is 0.230. The summed E-state index contributed by atoms with van der Waals surface area (Å²) < 4.78 is 23.5. The van der Waals surface area contributed by atoms with Gasteiger partial charge in [0, 0.05) is 38.3 Å². The van der Waals surface area contributed by atoms with Gasteiger partial charge in [-0.1, -0.05) is 0 Å². The van der Waals surface area contributed by atoms with Crippen molar-refractivity contribution in [1.82, 2.24) is 9.78 Å². The van der Waals surface area contributed by atoms with Gasteiger partial charge in [-0.3, -0.25) is 4.79 Å². The van der Waals surface area contributed by atoms with Crippen molar-refractivity contribution in [3.05, 3.63) is 51.8 Å². The molecule has 0 amide bonds. The molecule has 0 aliphatic carbocycles. The third-order valence-corrected chi connectivity index (χ3v) is 4.40. The van der Waals surface area contributed by atoms with E-state index in [1.165, 1.54) is 23.9 Å². The van der Waals surface area contributed by atoms with Crippen LogP contribution in [-0.4, -0.2) is 42.2 Å². The van der Waals surface area contributed by atoms with Gasteiger partial charge in [0.25, 0.3) is 5.56 Å².